The number of ether oxygens (including phenoxy) is 1. The van der Waals surface area contributed by atoms with Crippen molar-refractivity contribution in [3.8, 4) is 0 Å². The van der Waals surface area contributed by atoms with Crippen molar-refractivity contribution >= 4 is 16.9 Å². The van der Waals surface area contributed by atoms with Gasteiger partial charge in [-0.2, -0.15) is 0 Å². The van der Waals surface area contributed by atoms with Crippen molar-refractivity contribution in [3.63, 3.8) is 0 Å². The minimum absolute atomic E-state index is 0.233. The predicted octanol–water partition coefficient (Wildman–Crippen LogP) is 2.75. The molecular weight excluding hydrogens is 300 g/mol. The van der Waals surface area contributed by atoms with Crippen LogP contribution in [0.1, 0.15) is 32.8 Å². The van der Waals surface area contributed by atoms with E-state index in [-0.39, 0.29) is 12.0 Å². The first kappa shape index (κ1) is 16.9. The molecule has 6 heteroatoms. The van der Waals surface area contributed by atoms with Crippen molar-refractivity contribution < 1.29 is 13.7 Å². The fourth-order valence-corrected chi connectivity index (χ4v) is 3.61. The van der Waals surface area contributed by atoms with Gasteiger partial charge < -0.3 is 9.64 Å². The fraction of sp³-hybridized carbons (Fsp3) is 0.625. The van der Waals surface area contributed by atoms with Crippen LogP contribution in [-0.4, -0.2) is 44.6 Å². The molecule has 2 heterocycles. The molecule has 0 bridgehead atoms. The summed E-state index contributed by atoms with van der Waals surface area (Å²) in [5.74, 6) is 0.770. The number of pyridine rings is 1. The van der Waals surface area contributed by atoms with Crippen LogP contribution < -0.4 is 0 Å². The number of hydrogen-bond donors (Lipinski definition) is 0. The van der Waals surface area contributed by atoms with Gasteiger partial charge in [-0.1, -0.05) is 6.07 Å². The predicted molar refractivity (Wildman–Crippen MR) is 86.2 cm³/mol. The molecule has 1 aromatic heterocycles. The van der Waals surface area contributed by atoms with Crippen molar-refractivity contribution in [3.05, 3.63) is 23.9 Å². The highest BCUT2D eigenvalue weighted by Crippen LogP contribution is 2.21. The van der Waals surface area contributed by atoms with Gasteiger partial charge in [0.25, 0.3) is 0 Å². The number of amides is 1. The summed E-state index contributed by atoms with van der Waals surface area (Å²) < 4.78 is 17.7. The van der Waals surface area contributed by atoms with Gasteiger partial charge >= 0.3 is 6.09 Å². The summed E-state index contributed by atoms with van der Waals surface area (Å²) in [6.07, 6.45) is 2.31. The van der Waals surface area contributed by atoms with Gasteiger partial charge in [-0.3, -0.25) is 4.21 Å². The zero-order valence-electron chi connectivity index (χ0n) is 13.7. The number of likely N-dealkylation sites (tertiary alicyclic amines) is 1. The van der Waals surface area contributed by atoms with E-state index in [1.54, 1.807) is 11.1 Å². The minimum atomic E-state index is -1.12. The van der Waals surface area contributed by atoms with Crippen molar-refractivity contribution in [2.24, 2.45) is 5.92 Å². The molecule has 1 fully saturated rings. The van der Waals surface area contributed by atoms with Crippen LogP contribution in [0.25, 0.3) is 0 Å². The van der Waals surface area contributed by atoms with Crippen LogP contribution in [0.3, 0.4) is 0 Å². The summed E-state index contributed by atoms with van der Waals surface area (Å²) in [5.41, 5.74) is 0.571. The molecule has 2 unspecified atom stereocenters. The second-order valence-electron chi connectivity index (χ2n) is 6.77. The average Bonchev–Trinajstić information content (AvgIpc) is 2.86. The van der Waals surface area contributed by atoms with Gasteiger partial charge in [-0.25, -0.2) is 9.78 Å². The summed E-state index contributed by atoms with van der Waals surface area (Å²) >= 11 is 0. The molecule has 2 atom stereocenters. The lowest BCUT2D eigenvalue weighted by Gasteiger charge is -2.24. The summed E-state index contributed by atoms with van der Waals surface area (Å²) in [5, 5.41) is 0.612. The Balaban J connectivity index is 1.87. The lowest BCUT2D eigenvalue weighted by molar-refractivity contribution is 0.0289. The maximum absolute atomic E-state index is 12.3. The molecule has 0 radical (unpaired) electrons. The second-order valence-corrected chi connectivity index (χ2v) is 8.21. The average molecular weight is 324 g/mol. The molecule has 122 valence electrons. The van der Waals surface area contributed by atoms with Crippen LogP contribution in [0.15, 0.2) is 23.4 Å². The van der Waals surface area contributed by atoms with E-state index in [4.69, 9.17) is 4.74 Å². The molecule has 5 nitrogen and oxygen atoms in total. The third-order valence-corrected chi connectivity index (χ3v) is 4.92. The minimum Gasteiger partial charge on any atom is -0.444 e. The molecule has 1 aliphatic heterocycles. The van der Waals surface area contributed by atoms with E-state index >= 15 is 0 Å². The lowest BCUT2D eigenvalue weighted by atomic mass is 10.2. The number of hydrogen-bond acceptors (Lipinski definition) is 4. The molecule has 0 aromatic carbocycles. The topological polar surface area (TPSA) is 59.5 Å². The van der Waals surface area contributed by atoms with Gasteiger partial charge in [-0.05, 0) is 51.7 Å². The SMILES string of the molecule is Cc1ccc(S(=O)CC2CCN(C(=O)OC(C)(C)C)C2)nc1. The normalized spacial score (nSPS) is 20.0. The summed E-state index contributed by atoms with van der Waals surface area (Å²) in [4.78, 5) is 17.9. The van der Waals surface area contributed by atoms with Gasteiger partial charge in [0, 0.05) is 25.0 Å². The Morgan fingerprint density at radius 2 is 2.18 bits per heavy atom. The zero-order chi connectivity index (χ0) is 16.3. The van der Waals surface area contributed by atoms with E-state index < -0.39 is 16.4 Å². The fourth-order valence-electron chi connectivity index (χ4n) is 2.35. The van der Waals surface area contributed by atoms with Gasteiger partial charge in [-0.15, -0.1) is 0 Å². The van der Waals surface area contributed by atoms with Gasteiger partial charge in [0.15, 0.2) is 0 Å². The molecule has 1 saturated heterocycles. The van der Waals surface area contributed by atoms with Gasteiger partial charge in [0.05, 0.1) is 10.8 Å². The highest BCUT2D eigenvalue weighted by atomic mass is 32.2. The third-order valence-electron chi connectivity index (χ3n) is 3.44. The van der Waals surface area contributed by atoms with Crippen molar-refractivity contribution in [2.45, 2.75) is 44.7 Å². The number of nitrogens with zero attached hydrogens (tertiary/aromatic N) is 2. The standard InChI is InChI=1S/C16H24N2O3S/c1-12-5-6-14(17-9-12)22(20)11-13-7-8-18(10-13)15(19)21-16(2,3)4/h5-6,9,13H,7-8,10-11H2,1-4H3. The highest BCUT2D eigenvalue weighted by Gasteiger charge is 2.30. The van der Waals surface area contributed by atoms with Crippen molar-refractivity contribution in [2.75, 3.05) is 18.8 Å². The highest BCUT2D eigenvalue weighted by molar-refractivity contribution is 7.84. The molecule has 1 amide bonds. The van der Waals surface area contributed by atoms with Crippen molar-refractivity contribution in [1.29, 1.82) is 0 Å². The van der Waals surface area contributed by atoms with E-state index in [2.05, 4.69) is 4.98 Å². The Morgan fingerprint density at radius 1 is 1.45 bits per heavy atom. The number of carbonyl (C=O) groups is 1. The number of aromatic nitrogens is 1. The zero-order valence-corrected chi connectivity index (χ0v) is 14.5. The first-order valence-corrected chi connectivity index (χ1v) is 8.85. The monoisotopic (exact) mass is 324 g/mol. The molecule has 1 aliphatic rings. The van der Waals surface area contributed by atoms with E-state index in [1.807, 2.05) is 39.8 Å². The number of carbonyl (C=O) groups excluding carboxylic acids is 1. The van der Waals surface area contributed by atoms with Crippen LogP contribution in [0.5, 0.6) is 0 Å². The van der Waals surface area contributed by atoms with E-state index in [0.29, 0.717) is 23.9 Å². The summed E-state index contributed by atoms with van der Waals surface area (Å²) in [6, 6.07) is 3.73. The number of rotatable bonds is 3. The summed E-state index contributed by atoms with van der Waals surface area (Å²) in [6.45, 7) is 8.80. The van der Waals surface area contributed by atoms with Crippen LogP contribution in [0.2, 0.25) is 0 Å². The third kappa shape index (κ3) is 4.80. The summed E-state index contributed by atoms with van der Waals surface area (Å²) in [7, 11) is -1.12. The molecule has 1 aromatic rings. The van der Waals surface area contributed by atoms with Gasteiger partial charge in [0.2, 0.25) is 0 Å². The molecule has 0 aliphatic carbocycles. The smallest absolute Gasteiger partial charge is 0.410 e. The molecule has 22 heavy (non-hydrogen) atoms. The molecule has 0 saturated carbocycles. The second kappa shape index (κ2) is 6.77. The van der Waals surface area contributed by atoms with E-state index in [9.17, 15) is 9.00 Å². The largest absolute Gasteiger partial charge is 0.444 e. The molecular formula is C16H24N2O3S. The maximum atomic E-state index is 12.3. The Kier molecular flexibility index (Phi) is 5.21. The quantitative estimate of drug-likeness (QED) is 0.858. The van der Waals surface area contributed by atoms with Crippen molar-refractivity contribution in [1.82, 2.24) is 9.88 Å². The van der Waals surface area contributed by atoms with Crippen LogP contribution in [-0.2, 0) is 15.5 Å². The Labute approximate surface area is 134 Å². The first-order valence-electron chi connectivity index (χ1n) is 7.53. The maximum Gasteiger partial charge on any atom is 0.410 e. The number of aryl methyl sites for hydroxylation is 1. The Morgan fingerprint density at radius 3 is 2.77 bits per heavy atom. The Bertz CT molecular complexity index is 552. The van der Waals surface area contributed by atoms with Crippen LogP contribution >= 0.6 is 0 Å². The molecule has 0 spiro atoms. The van der Waals surface area contributed by atoms with Crippen LogP contribution in [0.4, 0.5) is 4.79 Å². The van der Waals surface area contributed by atoms with E-state index in [0.717, 1.165) is 12.0 Å². The lowest BCUT2D eigenvalue weighted by Crippen LogP contribution is -2.35. The molecule has 2 rings (SSSR count). The Hall–Kier alpha value is -1.43. The van der Waals surface area contributed by atoms with Gasteiger partial charge in [0.1, 0.15) is 10.6 Å². The van der Waals surface area contributed by atoms with E-state index in [1.165, 1.54) is 0 Å². The van der Waals surface area contributed by atoms with Crippen LogP contribution in [0, 0.1) is 12.8 Å². The first-order chi connectivity index (χ1) is 10.2. The molecule has 0 N–H and O–H groups in total.